The molecule has 2 rings (SSSR count). The smallest absolute Gasteiger partial charge is 0.123 e. The lowest BCUT2D eigenvalue weighted by Gasteiger charge is -2.17. The van der Waals surface area contributed by atoms with Crippen molar-refractivity contribution < 1.29 is 9.47 Å². The minimum atomic E-state index is 0.383. The fraction of sp³-hybridized carbons (Fsp3) is 0.538. The van der Waals surface area contributed by atoms with Gasteiger partial charge in [-0.1, -0.05) is 15.9 Å². The minimum absolute atomic E-state index is 0.383. The van der Waals surface area contributed by atoms with E-state index in [4.69, 9.17) is 9.47 Å². The zero-order valence-corrected chi connectivity index (χ0v) is 11.9. The van der Waals surface area contributed by atoms with Gasteiger partial charge in [-0.2, -0.15) is 0 Å². The van der Waals surface area contributed by atoms with Crippen molar-refractivity contribution in [2.75, 3.05) is 27.3 Å². The van der Waals surface area contributed by atoms with Gasteiger partial charge in [-0.05, 0) is 24.6 Å². The number of hydrogen-bond acceptors (Lipinski definition) is 3. The molecule has 0 bridgehead atoms. The Morgan fingerprint density at radius 3 is 2.88 bits per heavy atom. The van der Waals surface area contributed by atoms with Crippen LogP contribution in [0, 0.1) is 0 Å². The van der Waals surface area contributed by atoms with E-state index in [0.29, 0.717) is 6.10 Å². The van der Waals surface area contributed by atoms with Crippen molar-refractivity contribution in [3.63, 3.8) is 0 Å². The summed E-state index contributed by atoms with van der Waals surface area (Å²) in [6.45, 7) is 3.02. The molecule has 1 aliphatic rings. The van der Waals surface area contributed by atoms with Crippen molar-refractivity contribution in [1.29, 1.82) is 0 Å². The van der Waals surface area contributed by atoms with Crippen LogP contribution in [-0.2, 0) is 11.3 Å². The van der Waals surface area contributed by atoms with E-state index < -0.39 is 0 Å². The highest BCUT2D eigenvalue weighted by Gasteiger charge is 2.22. The SMILES string of the molecule is COc1ccc(Br)cc1CN1CC[C@@H](OC)C1. The normalized spacial score (nSPS) is 20.8. The molecular formula is C13H18BrNO2. The molecule has 1 atom stereocenters. The van der Waals surface area contributed by atoms with Gasteiger partial charge < -0.3 is 9.47 Å². The van der Waals surface area contributed by atoms with Gasteiger partial charge in [0.15, 0.2) is 0 Å². The van der Waals surface area contributed by atoms with E-state index in [1.807, 2.05) is 12.1 Å². The summed E-state index contributed by atoms with van der Waals surface area (Å²) >= 11 is 3.50. The first-order chi connectivity index (χ1) is 8.22. The lowest BCUT2D eigenvalue weighted by atomic mass is 10.2. The Morgan fingerprint density at radius 2 is 2.24 bits per heavy atom. The van der Waals surface area contributed by atoms with Crippen LogP contribution in [0.2, 0.25) is 0 Å². The van der Waals surface area contributed by atoms with E-state index in [2.05, 4.69) is 26.9 Å². The number of hydrogen-bond donors (Lipinski definition) is 0. The highest BCUT2D eigenvalue weighted by molar-refractivity contribution is 9.10. The maximum Gasteiger partial charge on any atom is 0.123 e. The van der Waals surface area contributed by atoms with Gasteiger partial charge in [0.2, 0.25) is 0 Å². The molecule has 0 aliphatic carbocycles. The summed E-state index contributed by atoms with van der Waals surface area (Å²) in [5.74, 6) is 0.953. The van der Waals surface area contributed by atoms with Crippen molar-refractivity contribution in [1.82, 2.24) is 4.90 Å². The van der Waals surface area contributed by atoms with Gasteiger partial charge >= 0.3 is 0 Å². The number of methoxy groups -OCH3 is 2. The standard InChI is InChI=1S/C13H18BrNO2/c1-16-12-5-6-15(9-12)8-10-7-11(14)3-4-13(10)17-2/h3-4,7,12H,5-6,8-9H2,1-2H3/t12-/m1/s1. The lowest BCUT2D eigenvalue weighted by molar-refractivity contribution is 0.107. The summed E-state index contributed by atoms with van der Waals surface area (Å²) < 4.78 is 11.9. The number of nitrogens with zero attached hydrogens (tertiary/aromatic N) is 1. The Labute approximate surface area is 111 Å². The van der Waals surface area contributed by atoms with Crippen LogP contribution in [0.1, 0.15) is 12.0 Å². The minimum Gasteiger partial charge on any atom is -0.496 e. The monoisotopic (exact) mass is 299 g/mol. The van der Waals surface area contributed by atoms with E-state index in [9.17, 15) is 0 Å². The molecule has 1 heterocycles. The molecular weight excluding hydrogens is 282 g/mol. The summed E-state index contributed by atoms with van der Waals surface area (Å²) in [5, 5.41) is 0. The lowest BCUT2D eigenvalue weighted by Crippen LogP contribution is -2.22. The molecule has 0 radical (unpaired) electrons. The second-order valence-corrected chi connectivity index (χ2v) is 5.25. The molecule has 0 spiro atoms. The van der Waals surface area contributed by atoms with Crippen molar-refractivity contribution in [3.8, 4) is 5.75 Å². The third kappa shape index (κ3) is 3.21. The van der Waals surface area contributed by atoms with Gasteiger partial charge in [0.05, 0.1) is 13.2 Å². The van der Waals surface area contributed by atoms with Crippen molar-refractivity contribution in [3.05, 3.63) is 28.2 Å². The second kappa shape index (κ2) is 5.85. The summed E-state index contributed by atoms with van der Waals surface area (Å²) in [6, 6.07) is 6.13. The van der Waals surface area contributed by atoms with E-state index in [-0.39, 0.29) is 0 Å². The number of ether oxygens (including phenoxy) is 2. The van der Waals surface area contributed by atoms with Gasteiger partial charge in [-0.3, -0.25) is 4.90 Å². The Bertz CT molecular complexity index is 384. The molecule has 1 aromatic rings. The first-order valence-corrected chi connectivity index (χ1v) is 6.60. The quantitative estimate of drug-likeness (QED) is 0.853. The molecule has 94 valence electrons. The summed E-state index contributed by atoms with van der Waals surface area (Å²) in [5.41, 5.74) is 1.22. The average Bonchev–Trinajstić information content (AvgIpc) is 2.77. The van der Waals surface area contributed by atoms with Gasteiger partial charge in [0.1, 0.15) is 5.75 Å². The van der Waals surface area contributed by atoms with Gasteiger partial charge in [-0.25, -0.2) is 0 Å². The summed E-state index contributed by atoms with van der Waals surface area (Å²) in [6.07, 6.45) is 1.50. The van der Waals surface area contributed by atoms with E-state index >= 15 is 0 Å². The molecule has 1 aromatic carbocycles. The zero-order chi connectivity index (χ0) is 12.3. The van der Waals surface area contributed by atoms with Gasteiger partial charge in [-0.15, -0.1) is 0 Å². The number of benzene rings is 1. The Balaban J connectivity index is 2.05. The van der Waals surface area contributed by atoms with Gasteiger partial charge in [0.25, 0.3) is 0 Å². The third-order valence-corrected chi connectivity index (χ3v) is 3.69. The molecule has 0 saturated carbocycles. The predicted molar refractivity (Wildman–Crippen MR) is 71.4 cm³/mol. The summed E-state index contributed by atoms with van der Waals surface area (Å²) in [4.78, 5) is 2.40. The number of halogens is 1. The zero-order valence-electron chi connectivity index (χ0n) is 10.3. The largest absolute Gasteiger partial charge is 0.496 e. The van der Waals surface area contributed by atoms with Crippen molar-refractivity contribution >= 4 is 15.9 Å². The van der Waals surface area contributed by atoms with Crippen LogP contribution < -0.4 is 4.74 Å². The van der Waals surface area contributed by atoms with Crippen molar-refractivity contribution in [2.24, 2.45) is 0 Å². The Hall–Kier alpha value is -0.580. The molecule has 4 heteroatoms. The molecule has 0 amide bonds. The van der Waals surface area contributed by atoms with Crippen LogP contribution in [0.4, 0.5) is 0 Å². The van der Waals surface area contributed by atoms with E-state index in [1.54, 1.807) is 14.2 Å². The second-order valence-electron chi connectivity index (χ2n) is 4.34. The van der Waals surface area contributed by atoms with E-state index in [1.165, 1.54) is 5.56 Å². The van der Waals surface area contributed by atoms with Crippen LogP contribution in [-0.4, -0.2) is 38.3 Å². The molecule has 0 N–H and O–H groups in total. The van der Waals surface area contributed by atoms with E-state index in [0.717, 1.165) is 36.3 Å². The number of rotatable bonds is 4. The molecule has 1 fully saturated rings. The maximum absolute atomic E-state index is 5.39. The Morgan fingerprint density at radius 1 is 1.41 bits per heavy atom. The molecule has 3 nitrogen and oxygen atoms in total. The first kappa shape index (κ1) is 12.9. The molecule has 0 unspecified atom stereocenters. The molecule has 0 aromatic heterocycles. The van der Waals surface area contributed by atoms with Crippen molar-refractivity contribution in [2.45, 2.75) is 19.1 Å². The molecule has 17 heavy (non-hydrogen) atoms. The van der Waals surface area contributed by atoms with Crippen LogP contribution >= 0.6 is 15.9 Å². The Kier molecular flexibility index (Phi) is 4.42. The van der Waals surface area contributed by atoms with Crippen LogP contribution in [0.3, 0.4) is 0 Å². The fourth-order valence-corrected chi connectivity index (χ4v) is 2.65. The third-order valence-electron chi connectivity index (χ3n) is 3.20. The highest BCUT2D eigenvalue weighted by Crippen LogP contribution is 2.25. The predicted octanol–water partition coefficient (Wildman–Crippen LogP) is 2.68. The fourth-order valence-electron chi connectivity index (χ4n) is 2.24. The topological polar surface area (TPSA) is 21.7 Å². The van der Waals surface area contributed by atoms with Crippen LogP contribution in [0.15, 0.2) is 22.7 Å². The maximum atomic E-state index is 5.39. The molecule has 1 saturated heterocycles. The van der Waals surface area contributed by atoms with Crippen LogP contribution in [0.25, 0.3) is 0 Å². The number of likely N-dealkylation sites (tertiary alicyclic amines) is 1. The highest BCUT2D eigenvalue weighted by atomic mass is 79.9. The average molecular weight is 300 g/mol. The van der Waals surface area contributed by atoms with Crippen LogP contribution in [0.5, 0.6) is 5.75 Å². The molecule has 1 aliphatic heterocycles. The van der Waals surface area contributed by atoms with Gasteiger partial charge in [0, 0.05) is 36.8 Å². The summed E-state index contributed by atoms with van der Waals surface area (Å²) in [7, 11) is 3.50. The first-order valence-electron chi connectivity index (χ1n) is 5.80.